The Morgan fingerprint density at radius 2 is 2.42 bits per heavy atom. The van der Waals surface area contributed by atoms with Crippen molar-refractivity contribution in [2.45, 2.75) is 32.7 Å². The fourth-order valence-corrected chi connectivity index (χ4v) is 3.48. The minimum Gasteiger partial charge on any atom is -0.477 e. The van der Waals surface area contributed by atoms with Crippen LogP contribution in [0.25, 0.3) is 0 Å². The van der Waals surface area contributed by atoms with Crippen molar-refractivity contribution >= 4 is 5.96 Å². The summed E-state index contributed by atoms with van der Waals surface area (Å²) >= 11 is 0. The third-order valence-electron chi connectivity index (χ3n) is 4.86. The predicted molar refractivity (Wildman–Crippen MR) is 94.3 cm³/mol. The van der Waals surface area contributed by atoms with Gasteiger partial charge in [-0.3, -0.25) is 4.99 Å². The molecule has 1 unspecified atom stereocenters. The number of guanidine groups is 1. The molecule has 0 bridgehead atoms. The molecular formula is C18H28N4O2. The molecule has 6 nitrogen and oxygen atoms in total. The molecule has 0 aliphatic carbocycles. The predicted octanol–water partition coefficient (Wildman–Crippen LogP) is 2.06. The van der Waals surface area contributed by atoms with Crippen LogP contribution in [0.5, 0.6) is 5.88 Å². The first-order valence-corrected chi connectivity index (χ1v) is 8.86. The van der Waals surface area contributed by atoms with E-state index in [1.165, 1.54) is 6.42 Å². The zero-order valence-electron chi connectivity index (χ0n) is 14.8. The maximum absolute atomic E-state index is 5.73. The molecule has 2 saturated heterocycles. The number of ether oxygens (including phenoxy) is 2. The van der Waals surface area contributed by atoms with Crippen LogP contribution in [0.3, 0.4) is 0 Å². The van der Waals surface area contributed by atoms with Gasteiger partial charge in [0.1, 0.15) is 0 Å². The van der Waals surface area contributed by atoms with Gasteiger partial charge in [-0.25, -0.2) is 4.98 Å². The summed E-state index contributed by atoms with van der Waals surface area (Å²) in [7, 11) is 1.84. The zero-order valence-corrected chi connectivity index (χ0v) is 14.8. The van der Waals surface area contributed by atoms with Gasteiger partial charge in [0.15, 0.2) is 5.96 Å². The summed E-state index contributed by atoms with van der Waals surface area (Å²) in [6.07, 6.45) is 5.10. The molecule has 1 atom stereocenters. The number of aromatic nitrogens is 1. The molecule has 0 amide bonds. The lowest BCUT2D eigenvalue weighted by atomic mass is 9.87. The summed E-state index contributed by atoms with van der Waals surface area (Å²) in [6, 6.07) is 3.99. The fraction of sp³-hybridized carbons (Fsp3) is 0.667. The summed E-state index contributed by atoms with van der Waals surface area (Å²) in [5, 5.41) is 3.47. The van der Waals surface area contributed by atoms with Crippen molar-refractivity contribution in [3.63, 3.8) is 0 Å². The van der Waals surface area contributed by atoms with Gasteiger partial charge >= 0.3 is 0 Å². The highest BCUT2D eigenvalue weighted by Gasteiger charge is 2.42. The van der Waals surface area contributed by atoms with Gasteiger partial charge in [-0.15, -0.1) is 0 Å². The van der Waals surface area contributed by atoms with Crippen molar-refractivity contribution in [3.05, 3.63) is 23.9 Å². The molecule has 1 aromatic heterocycles. The van der Waals surface area contributed by atoms with Gasteiger partial charge in [0.2, 0.25) is 5.88 Å². The molecule has 1 N–H and O–H groups in total. The lowest BCUT2D eigenvalue weighted by Gasteiger charge is -2.25. The Labute approximate surface area is 144 Å². The number of nitrogens with zero attached hydrogens (tertiary/aromatic N) is 3. The molecule has 3 rings (SSSR count). The van der Waals surface area contributed by atoms with Gasteiger partial charge < -0.3 is 19.7 Å². The van der Waals surface area contributed by atoms with Crippen molar-refractivity contribution < 1.29 is 9.47 Å². The van der Waals surface area contributed by atoms with Gasteiger partial charge in [0, 0.05) is 50.5 Å². The first-order valence-electron chi connectivity index (χ1n) is 8.86. The van der Waals surface area contributed by atoms with E-state index in [1.54, 1.807) is 6.20 Å². The second kappa shape index (κ2) is 7.83. The topological polar surface area (TPSA) is 59.0 Å². The highest BCUT2D eigenvalue weighted by atomic mass is 16.5. The third kappa shape index (κ3) is 3.80. The molecule has 2 fully saturated rings. The summed E-state index contributed by atoms with van der Waals surface area (Å²) < 4.78 is 11.3. The van der Waals surface area contributed by atoms with Crippen LogP contribution in [-0.4, -0.2) is 55.8 Å². The normalized spacial score (nSPS) is 23.9. The van der Waals surface area contributed by atoms with Gasteiger partial charge in [-0.2, -0.15) is 0 Å². The average Bonchev–Trinajstić information content (AvgIpc) is 3.25. The summed E-state index contributed by atoms with van der Waals surface area (Å²) in [5.74, 6) is 1.66. The number of pyridine rings is 1. The van der Waals surface area contributed by atoms with Crippen molar-refractivity contribution in [2.24, 2.45) is 10.4 Å². The lowest BCUT2D eigenvalue weighted by molar-refractivity contribution is 0.156. The molecule has 0 radical (unpaired) electrons. The lowest BCUT2D eigenvalue weighted by Crippen LogP contribution is -2.41. The molecule has 0 saturated carbocycles. The third-order valence-corrected chi connectivity index (χ3v) is 4.86. The Bertz CT molecular complexity index is 570. The molecule has 1 spiro atoms. The average molecular weight is 332 g/mol. The SMILES string of the molecule is CCCOc1ncccc1CNC(=NC)N1CCC2(CCOC2)C1. The van der Waals surface area contributed by atoms with E-state index < -0.39 is 0 Å². The van der Waals surface area contributed by atoms with Crippen LogP contribution in [0.4, 0.5) is 0 Å². The Balaban J connectivity index is 1.59. The van der Waals surface area contributed by atoms with Crippen molar-refractivity contribution in [3.8, 4) is 5.88 Å². The van der Waals surface area contributed by atoms with Crippen LogP contribution in [0.1, 0.15) is 31.7 Å². The minimum atomic E-state index is 0.335. The Hall–Kier alpha value is -1.82. The highest BCUT2D eigenvalue weighted by molar-refractivity contribution is 5.80. The van der Waals surface area contributed by atoms with Crippen LogP contribution < -0.4 is 10.1 Å². The highest BCUT2D eigenvalue weighted by Crippen LogP contribution is 2.38. The summed E-state index contributed by atoms with van der Waals surface area (Å²) in [6.45, 7) is 7.30. The number of aliphatic imine (C=N–C) groups is 1. The van der Waals surface area contributed by atoms with Gasteiger partial charge in [0.25, 0.3) is 0 Å². The van der Waals surface area contributed by atoms with Crippen LogP contribution in [0, 0.1) is 5.41 Å². The molecular weight excluding hydrogens is 304 g/mol. The van der Waals surface area contributed by atoms with E-state index in [4.69, 9.17) is 9.47 Å². The van der Waals surface area contributed by atoms with Crippen molar-refractivity contribution in [1.29, 1.82) is 0 Å². The van der Waals surface area contributed by atoms with E-state index in [1.807, 2.05) is 13.1 Å². The summed E-state index contributed by atoms with van der Waals surface area (Å²) in [5.41, 5.74) is 1.40. The number of nitrogens with one attached hydrogen (secondary N) is 1. The van der Waals surface area contributed by atoms with Gasteiger partial charge in [-0.05, 0) is 25.3 Å². The first-order chi connectivity index (χ1) is 11.8. The van der Waals surface area contributed by atoms with E-state index in [0.29, 0.717) is 24.4 Å². The van der Waals surface area contributed by atoms with E-state index >= 15 is 0 Å². The number of hydrogen-bond acceptors (Lipinski definition) is 4. The van der Waals surface area contributed by atoms with Gasteiger partial charge in [-0.1, -0.05) is 13.0 Å². The van der Waals surface area contributed by atoms with E-state index in [-0.39, 0.29) is 0 Å². The Morgan fingerprint density at radius 3 is 3.17 bits per heavy atom. The van der Waals surface area contributed by atoms with Crippen molar-refractivity contribution in [2.75, 3.05) is 40.0 Å². The minimum absolute atomic E-state index is 0.335. The molecule has 24 heavy (non-hydrogen) atoms. The maximum atomic E-state index is 5.73. The van der Waals surface area contributed by atoms with Crippen molar-refractivity contribution in [1.82, 2.24) is 15.2 Å². The second-order valence-corrected chi connectivity index (χ2v) is 6.69. The zero-order chi connectivity index (χ0) is 16.8. The van der Waals surface area contributed by atoms with Gasteiger partial charge in [0.05, 0.1) is 13.2 Å². The summed E-state index contributed by atoms with van der Waals surface area (Å²) in [4.78, 5) is 11.1. The fourth-order valence-electron chi connectivity index (χ4n) is 3.48. The standard InChI is InChI=1S/C18H28N4O2/c1-3-10-24-16-15(5-4-8-20-16)12-21-17(19-2)22-9-6-18(13-22)7-11-23-14-18/h4-5,8H,3,6-7,9-14H2,1-2H3,(H,19,21). The van der Waals surface area contributed by atoms with Crippen LogP contribution >= 0.6 is 0 Å². The monoisotopic (exact) mass is 332 g/mol. The Morgan fingerprint density at radius 1 is 1.50 bits per heavy atom. The van der Waals surface area contributed by atoms with E-state index in [9.17, 15) is 0 Å². The van der Waals surface area contributed by atoms with Crippen LogP contribution in [-0.2, 0) is 11.3 Å². The largest absolute Gasteiger partial charge is 0.477 e. The quantitative estimate of drug-likeness (QED) is 0.661. The molecule has 1 aromatic rings. The molecule has 6 heteroatoms. The molecule has 132 valence electrons. The van der Waals surface area contributed by atoms with E-state index in [0.717, 1.165) is 50.7 Å². The molecule has 2 aliphatic heterocycles. The number of hydrogen-bond donors (Lipinski definition) is 1. The van der Waals surface area contributed by atoms with Crippen LogP contribution in [0.2, 0.25) is 0 Å². The smallest absolute Gasteiger partial charge is 0.218 e. The molecule has 0 aromatic carbocycles. The molecule has 3 heterocycles. The first kappa shape index (κ1) is 17.0. The van der Waals surface area contributed by atoms with Crippen LogP contribution in [0.15, 0.2) is 23.3 Å². The maximum Gasteiger partial charge on any atom is 0.218 e. The number of rotatable bonds is 5. The Kier molecular flexibility index (Phi) is 5.56. The number of likely N-dealkylation sites (tertiary alicyclic amines) is 1. The molecule has 2 aliphatic rings. The van der Waals surface area contributed by atoms with E-state index in [2.05, 4.69) is 33.2 Å². The second-order valence-electron chi connectivity index (χ2n) is 6.69.